The lowest BCUT2D eigenvalue weighted by atomic mass is 10.1. The van der Waals surface area contributed by atoms with Gasteiger partial charge in [0.25, 0.3) is 0 Å². The topological polar surface area (TPSA) is 0 Å². The van der Waals surface area contributed by atoms with Crippen LogP contribution in [-0.2, 0) is 0 Å². The number of halogens is 1. The number of unbranched alkanes of at least 4 members (excludes halogenated alkanes) is 3. The smallest absolute Gasteiger partial charge is 0.0344 e. The van der Waals surface area contributed by atoms with Crippen molar-refractivity contribution in [1.29, 1.82) is 0 Å². The maximum atomic E-state index is 3.51. The number of benzene rings is 2. The van der Waals surface area contributed by atoms with Crippen molar-refractivity contribution in [2.75, 3.05) is 5.33 Å². The number of hydrogen-bond acceptors (Lipinski definition) is 1. The number of hydrogen-bond donors (Lipinski definition) is 0. The van der Waals surface area contributed by atoms with E-state index in [2.05, 4.69) is 76.6 Å². The molecule has 2 aromatic carbocycles. The van der Waals surface area contributed by atoms with Crippen molar-refractivity contribution in [1.82, 2.24) is 0 Å². The van der Waals surface area contributed by atoms with E-state index in [9.17, 15) is 0 Å². The van der Waals surface area contributed by atoms with Gasteiger partial charge in [-0.15, -0.1) is 11.8 Å². The fourth-order valence-electron chi connectivity index (χ4n) is 2.40. The molecule has 0 radical (unpaired) electrons. The van der Waals surface area contributed by atoms with Gasteiger partial charge in [-0.1, -0.05) is 83.7 Å². The molecule has 0 saturated heterocycles. The summed E-state index contributed by atoms with van der Waals surface area (Å²) in [6.07, 6.45) is 6.53. The Morgan fingerprint density at radius 2 is 1.38 bits per heavy atom. The molecule has 0 aliphatic heterocycles. The van der Waals surface area contributed by atoms with Crippen molar-refractivity contribution >= 4 is 27.7 Å². The molecule has 0 bridgehead atoms. The molecule has 0 aromatic heterocycles. The van der Waals surface area contributed by atoms with E-state index >= 15 is 0 Å². The molecule has 0 saturated carbocycles. The van der Waals surface area contributed by atoms with Crippen LogP contribution in [-0.4, -0.2) is 5.33 Å². The second-order valence-electron chi connectivity index (χ2n) is 5.22. The zero-order chi connectivity index (χ0) is 14.8. The quantitative estimate of drug-likeness (QED) is 0.266. The molecule has 0 fully saturated rings. The Labute approximate surface area is 141 Å². The standard InChI is InChI=1S/C19H23BrS/c20-16-10-2-1-9-15-19(17-11-5-3-6-12-17)21-18-13-7-4-8-14-18/h3-8,11-14,19H,1-2,9-10,15-16H2/t19-/m0/s1. The van der Waals surface area contributed by atoms with E-state index in [4.69, 9.17) is 0 Å². The molecule has 21 heavy (non-hydrogen) atoms. The summed E-state index contributed by atoms with van der Waals surface area (Å²) in [5, 5.41) is 1.70. The zero-order valence-electron chi connectivity index (χ0n) is 12.4. The van der Waals surface area contributed by atoms with Crippen LogP contribution in [0.4, 0.5) is 0 Å². The van der Waals surface area contributed by atoms with E-state index < -0.39 is 0 Å². The average molecular weight is 363 g/mol. The third-order valence-corrected chi connectivity index (χ3v) is 5.44. The molecular weight excluding hydrogens is 340 g/mol. The first-order valence-electron chi connectivity index (χ1n) is 7.73. The fourth-order valence-corrected chi connectivity index (χ4v) is 4.02. The molecule has 0 aliphatic carbocycles. The molecule has 0 N–H and O–H groups in total. The Morgan fingerprint density at radius 1 is 0.762 bits per heavy atom. The molecule has 0 aliphatic rings. The number of thioether (sulfide) groups is 1. The molecule has 0 heterocycles. The van der Waals surface area contributed by atoms with E-state index in [-0.39, 0.29) is 0 Å². The minimum absolute atomic E-state index is 0.567. The number of alkyl halides is 1. The van der Waals surface area contributed by atoms with Crippen molar-refractivity contribution in [3.63, 3.8) is 0 Å². The first-order chi connectivity index (χ1) is 10.4. The van der Waals surface area contributed by atoms with Crippen LogP contribution in [0.1, 0.15) is 42.9 Å². The summed E-state index contributed by atoms with van der Waals surface area (Å²) in [7, 11) is 0. The lowest BCUT2D eigenvalue weighted by Crippen LogP contribution is -1.95. The van der Waals surface area contributed by atoms with Gasteiger partial charge in [-0.3, -0.25) is 0 Å². The van der Waals surface area contributed by atoms with Crippen LogP contribution in [0.3, 0.4) is 0 Å². The van der Waals surface area contributed by atoms with Gasteiger partial charge in [-0.05, 0) is 30.5 Å². The van der Waals surface area contributed by atoms with Crippen LogP contribution < -0.4 is 0 Å². The lowest BCUT2D eigenvalue weighted by molar-refractivity contribution is 0.630. The highest BCUT2D eigenvalue weighted by Gasteiger charge is 2.12. The summed E-state index contributed by atoms with van der Waals surface area (Å²) < 4.78 is 0. The predicted molar refractivity (Wildman–Crippen MR) is 98.4 cm³/mol. The van der Waals surface area contributed by atoms with E-state index in [0.29, 0.717) is 5.25 Å². The van der Waals surface area contributed by atoms with Crippen LogP contribution in [0, 0.1) is 0 Å². The number of rotatable bonds is 9. The van der Waals surface area contributed by atoms with Crippen molar-refractivity contribution < 1.29 is 0 Å². The van der Waals surface area contributed by atoms with Gasteiger partial charge < -0.3 is 0 Å². The molecule has 2 heteroatoms. The monoisotopic (exact) mass is 362 g/mol. The predicted octanol–water partition coefficient (Wildman–Crippen LogP) is 6.87. The minimum Gasteiger partial charge on any atom is -0.118 e. The van der Waals surface area contributed by atoms with Crippen LogP contribution in [0.15, 0.2) is 65.6 Å². The zero-order valence-corrected chi connectivity index (χ0v) is 14.8. The molecule has 2 aromatic rings. The van der Waals surface area contributed by atoms with Crippen molar-refractivity contribution in [2.45, 2.75) is 42.2 Å². The Kier molecular flexibility index (Phi) is 7.98. The van der Waals surface area contributed by atoms with Crippen molar-refractivity contribution in [3.05, 3.63) is 66.2 Å². The highest BCUT2D eigenvalue weighted by atomic mass is 79.9. The molecule has 0 nitrogen and oxygen atoms in total. The average Bonchev–Trinajstić information content (AvgIpc) is 2.55. The van der Waals surface area contributed by atoms with Crippen LogP contribution in [0.25, 0.3) is 0 Å². The summed E-state index contributed by atoms with van der Waals surface area (Å²) in [6, 6.07) is 21.7. The SMILES string of the molecule is BrCCCCCC[C@H](Sc1ccccc1)c1ccccc1. The van der Waals surface area contributed by atoms with Crippen molar-refractivity contribution in [3.8, 4) is 0 Å². The maximum Gasteiger partial charge on any atom is 0.0344 e. The molecule has 0 spiro atoms. The van der Waals surface area contributed by atoms with Gasteiger partial charge >= 0.3 is 0 Å². The summed E-state index contributed by atoms with van der Waals surface area (Å²) in [5.74, 6) is 0. The Balaban J connectivity index is 1.94. The van der Waals surface area contributed by atoms with Crippen LogP contribution in [0.5, 0.6) is 0 Å². The van der Waals surface area contributed by atoms with Crippen molar-refractivity contribution in [2.24, 2.45) is 0 Å². The van der Waals surface area contributed by atoms with Gasteiger partial charge in [0, 0.05) is 15.5 Å². The van der Waals surface area contributed by atoms with E-state index in [1.165, 1.54) is 42.6 Å². The van der Waals surface area contributed by atoms with Crippen LogP contribution >= 0.6 is 27.7 Å². The molecule has 0 amide bonds. The summed E-state index contributed by atoms with van der Waals surface area (Å²) in [5.41, 5.74) is 1.45. The third-order valence-electron chi connectivity index (χ3n) is 3.54. The first kappa shape index (κ1) is 16.6. The Hall–Kier alpha value is -0.730. The van der Waals surface area contributed by atoms with Gasteiger partial charge in [-0.2, -0.15) is 0 Å². The first-order valence-corrected chi connectivity index (χ1v) is 9.73. The summed E-state index contributed by atoms with van der Waals surface area (Å²) in [4.78, 5) is 1.37. The van der Waals surface area contributed by atoms with Gasteiger partial charge in [-0.25, -0.2) is 0 Å². The highest BCUT2D eigenvalue weighted by molar-refractivity contribution is 9.09. The van der Waals surface area contributed by atoms with Crippen LogP contribution in [0.2, 0.25) is 0 Å². The third kappa shape index (κ3) is 6.27. The van der Waals surface area contributed by atoms with Gasteiger partial charge in [0.15, 0.2) is 0 Å². The molecule has 2 rings (SSSR count). The highest BCUT2D eigenvalue weighted by Crippen LogP contribution is 2.38. The summed E-state index contributed by atoms with van der Waals surface area (Å²) >= 11 is 5.50. The molecular formula is C19H23BrS. The van der Waals surface area contributed by atoms with Gasteiger partial charge in [0.2, 0.25) is 0 Å². The summed E-state index contributed by atoms with van der Waals surface area (Å²) in [6.45, 7) is 0. The second-order valence-corrected chi connectivity index (χ2v) is 7.29. The minimum atomic E-state index is 0.567. The Morgan fingerprint density at radius 3 is 2.05 bits per heavy atom. The fraction of sp³-hybridized carbons (Fsp3) is 0.368. The largest absolute Gasteiger partial charge is 0.118 e. The lowest BCUT2D eigenvalue weighted by Gasteiger charge is -2.17. The van der Waals surface area contributed by atoms with E-state index in [1.54, 1.807) is 0 Å². The second kappa shape index (κ2) is 10.1. The molecule has 112 valence electrons. The molecule has 1 atom stereocenters. The Bertz CT molecular complexity index is 483. The maximum absolute atomic E-state index is 3.51. The molecule has 0 unspecified atom stereocenters. The van der Waals surface area contributed by atoms with Gasteiger partial charge in [0.05, 0.1) is 0 Å². The normalized spacial score (nSPS) is 12.2. The van der Waals surface area contributed by atoms with E-state index in [1.807, 2.05) is 11.8 Å². The van der Waals surface area contributed by atoms with E-state index in [0.717, 1.165) is 5.33 Å². The van der Waals surface area contributed by atoms with Gasteiger partial charge in [0.1, 0.15) is 0 Å².